The highest BCUT2D eigenvalue weighted by Gasteiger charge is 2.44. The maximum atomic E-state index is 12.5. The minimum atomic E-state index is -0.543. The molecule has 1 aromatic heterocycles. The first kappa shape index (κ1) is 14.7. The van der Waals surface area contributed by atoms with Crippen molar-refractivity contribution in [1.29, 1.82) is 0 Å². The van der Waals surface area contributed by atoms with Gasteiger partial charge in [-0.3, -0.25) is 4.79 Å². The lowest BCUT2D eigenvalue weighted by molar-refractivity contribution is -0.131. The van der Waals surface area contributed by atoms with E-state index in [1.165, 1.54) is 0 Å². The highest BCUT2D eigenvalue weighted by atomic mass is 16.3. The Labute approximate surface area is 119 Å². The molecule has 0 aliphatic carbocycles. The summed E-state index contributed by atoms with van der Waals surface area (Å²) in [5.74, 6) is 0.657. The Morgan fingerprint density at radius 3 is 2.80 bits per heavy atom. The number of aliphatic hydroxyl groups is 1. The summed E-state index contributed by atoms with van der Waals surface area (Å²) in [6, 6.07) is 1.87. The van der Waals surface area contributed by atoms with Crippen molar-refractivity contribution in [1.82, 2.24) is 15.3 Å². The number of hydrogen-bond acceptors (Lipinski definition) is 5. The first-order chi connectivity index (χ1) is 9.57. The molecule has 6 heteroatoms. The van der Waals surface area contributed by atoms with Crippen molar-refractivity contribution < 1.29 is 9.90 Å². The lowest BCUT2D eigenvalue weighted by Gasteiger charge is -2.28. The summed E-state index contributed by atoms with van der Waals surface area (Å²) in [4.78, 5) is 22.9. The number of anilines is 1. The molecule has 1 aromatic rings. The molecule has 1 saturated heterocycles. The summed E-state index contributed by atoms with van der Waals surface area (Å²) in [5.41, 5.74) is -0.543. The summed E-state index contributed by atoms with van der Waals surface area (Å²) in [7, 11) is 0. The summed E-state index contributed by atoms with van der Waals surface area (Å²) < 4.78 is 0. The van der Waals surface area contributed by atoms with E-state index in [9.17, 15) is 9.90 Å². The minimum Gasteiger partial charge on any atom is -0.396 e. The molecule has 2 rings (SSSR count). The molecule has 0 saturated carbocycles. The van der Waals surface area contributed by atoms with Crippen molar-refractivity contribution in [2.75, 3.05) is 24.6 Å². The summed E-state index contributed by atoms with van der Waals surface area (Å²) >= 11 is 0. The van der Waals surface area contributed by atoms with Crippen LogP contribution in [0.25, 0.3) is 0 Å². The van der Waals surface area contributed by atoms with Crippen LogP contribution < -0.4 is 10.2 Å². The number of carbonyl (C=O) groups is 1. The second kappa shape index (κ2) is 6.17. The topological polar surface area (TPSA) is 78.4 Å². The number of nitrogens with one attached hydrogen (secondary N) is 1. The van der Waals surface area contributed by atoms with E-state index in [1.807, 2.05) is 18.7 Å². The van der Waals surface area contributed by atoms with E-state index >= 15 is 0 Å². The molecular weight excluding hydrogens is 256 g/mol. The van der Waals surface area contributed by atoms with Gasteiger partial charge in [0.05, 0.1) is 5.41 Å². The second-order valence-electron chi connectivity index (χ2n) is 5.60. The maximum Gasteiger partial charge on any atom is 0.228 e. The number of amides is 1. The van der Waals surface area contributed by atoms with Crippen molar-refractivity contribution in [3.05, 3.63) is 18.5 Å². The third-order valence-electron chi connectivity index (χ3n) is 3.68. The Morgan fingerprint density at radius 2 is 2.20 bits per heavy atom. The van der Waals surface area contributed by atoms with Crippen LogP contribution in [-0.2, 0) is 4.79 Å². The zero-order chi connectivity index (χ0) is 14.6. The summed E-state index contributed by atoms with van der Waals surface area (Å²) in [6.45, 7) is 5.18. The molecule has 1 aliphatic rings. The van der Waals surface area contributed by atoms with Crippen LogP contribution in [0, 0.1) is 5.41 Å². The Kier molecular flexibility index (Phi) is 4.54. The molecule has 0 bridgehead atoms. The fourth-order valence-electron chi connectivity index (χ4n) is 2.63. The zero-order valence-corrected chi connectivity index (χ0v) is 12.0. The van der Waals surface area contributed by atoms with Gasteiger partial charge in [-0.25, -0.2) is 9.97 Å². The Balaban J connectivity index is 2.14. The molecule has 1 atom stereocenters. The van der Waals surface area contributed by atoms with Crippen LogP contribution in [0.1, 0.15) is 26.7 Å². The highest BCUT2D eigenvalue weighted by molar-refractivity contribution is 5.84. The van der Waals surface area contributed by atoms with Crippen LogP contribution in [0.3, 0.4) is 0 Å². The molecule has 6 nitrogen and oxygen atoms in total. The number of nitrogens with zero attached hydrogens (tertiary/aromatic N) is 3. The lowest BCUT2D eigenvalue weighted by atomic mass is 9.82. The fraction of sp³-hybridized carbons (Fsp3) is 0.643. The minimum absolute atomic E-state index is 0.00893. The lowest BCUT2D eigenvalue weighted by Crippen LogP contribution is -2.46. The van der Waals surface area contributed by atoms with Crippen molar-refractivity contribution in [3.63, 3.8) is 0 Å². The maximum absolute atomic E-state index is 12.5. The molecule has 1 aliphatic heterocycles. The van der Waals surface area contributed by atoms with Gasteiger partial charge in [0.15, 0.2) is 0 Å². The summed E-state index contributed by atoms with van der Waals surface area (Å²) in [6.07, 6.45) is 4.57. The van der Waals surface area contributed by atoms with E-state index in [4.69, 9.17) is 0 Å². The van der Waals surface area contributed by atoms with Crippen LogP contribution in [0.15, 0.2) is 18.5 Å². The van der Waals surface area contributed by atoms with Crippen LogP contribution in [-0.4, -0.2) is 46.7 Å². The van der Waals surface area contributed by atoms with E-state index in [1.54, 1.807) is 18.5 Å². The molecule has 2 N–H and O–H groups in total. The number of hydrogen-bond donors (Lipinski definition) is 2. The van der Waals surface area contributed by atoms with Crippen LogP contribution >= 0.6 is 0 Å². The number of aliphatic hydroxyl groups excluding tert-OH is 1. The molecular formula is C14H22N4O2. The molecule has 0 unspecified atom stereocenters. The van der Waals surface area contributed by atoms with Crippen molar-refractivity contribution in [3.8, 4) is 0 Å². The molecule has 110 valence electrons. The largest absolute Gasteiger partial charge is 0.396 e. The molecule has 1 amide bonds. The van der Waals surface area contributed by atoms with Gasteiger partial charge in [-0.1, -0.05) is 0 Å². The van der Waals surface area contributed by atoms with E-state index in [2.05, 4.69) is 15.3 Å². The monoisotopic (exact) mass is 278 g/mol. The van der Waals surface area contributed by atoms with Crippen LogP contribution in [0.4, 0.5) is 5.95 Å². The molecule has 2 heterocycles. The summed E-state index contributed by atoms with van der Waals surface area (Å²) in [5, 5.41) is 12.3. The van der Waals surface area contributed by atoms with Crippen LogP contribution in [0.5, 0.6) is 0 Å². The molecule has 20 heavy (non-hydrogen) atoms. The normalized spacial score (nSPS) is 22.3. The predicted molar refractivity (Wildman–Crippen MR) is 76.3 cm³/mol. The van der Waals surface area contributed by atoms with Gasteiger partial charge in [-0.15, -0.1) is 0 Å². The Bertz CT molecular complexity index is 452. The van der Waals surface area contributed by atoms with E-state index < -0.39 is 5.41 Å². The van der Waals surface area contributed by atoms with E-state index in [-0.39, 0.29) is 18.6 Å². The standard InChI is InChI=1S/C14H22N4O2/c1-11(2)17-12(20)14(5-9-19)4-8-18(10-14)13-15-6-3-7-16-13/h3,6-7,11,19H,4-5,8-10H2,1-2H3,(H,17,20)/t14-/m1/s1. The number of rotatable bonds is 5. The van der Waals surface area contributed by atoms with E-state index in [0.717, 1.165) is 6.54 Å². The van der Waals surface area contributed by atoms with Gasteiger partial charge < -0.3 is 15.3 Å². The van der Waals surface area contributed by atoms with Crippen molar-refractivity contribution in [2.45, 2.75) is 32.7 Å². The average Bonchev–Trinajstić information content (AvgIpc) is 2.85. The van der Waals surface area contributed by atoms with Gasteiger partial charge >= 0.3 is 0 Å². The second-order valence-corrected chi connectivity index (χ2v) is 5.60. The third-order valence-corrected chi connectivity index (χ3v) is 3.68. The van der Waals surface area contributed by atoms with E-state index in [0.29, 0.717) is 25.3 Å². The first-order valence-electron chi connectivity index (χ1n) is 7.01. The molecule has 0 spiro atoms. The van der Waals surface area contributed by atoms with Gasteiger partial charge in [-0.2, -0.15) is 0 Å². The molecule has 1 fully saturated rings. The smallest absolute Gasteiger partial charge is 0.228 e. The fourth-order valence-corrected chi connectivity index (χ4v) is 2.63. The third kappa shape index (κ3) is 3.07. The van der Waals surface area contributed by atoms with Crippen LogP contribution in [0.2, 0.25) is 0 Å². The van der Waals surface area contributed by atoms with Gasteiger partial charge in [0, 0.05) is 38.1 Å². The van der Waals surface area contributed by atoms with Gasteiger partial charge in [0.1, 0.15) is 0 Å². The SMILES string of the molecule is CC(C)NC(=O)[C@@]1(CCO)CCN(c2ncccn2)C1. The zero-order valence-electron chi connectivity index (χ0n) is 12.0. The molecule has 0 radical (unpaired) electrons. The number of aromatic nitrogens is 2. The Morgan fingerprint density at radius 1 is 1.50 bits per heavy atom. The van der Waals surface area contributed by atoms with Crippen molar-refractivity contribution in [2.24, 2.45) is 5.41 Å². The highest BCUT2D eigenvalue weighted by Crippen LogP contribution is 2.35. The first-order valence-corrected chi connectivity index (χ1v) is 7.01. The van der Waals surface area contributed by atoms with Gasteiger partial charge in [0.2, 0.25) is 11.9 Å². The molecule has 0 aromatic carbocycles. The number of carbonyl (C=O) groups excluding carboxylic acids is 1. The Hall–Kier alpha value is -1.69. The van der Waals surface area contributed by atoms with Crippen molar-refractivity contribution >= 4 is 11.9 Å². The van der Waals surface area contributed by atoms with Gasteiger partial charge in [-0.05, 0) is 32.8 Å². The average molecular weight is 278 g/mol. The van der Waals surface area contributed by atoms with Gasteiger partial charge in [0.25, 0.3) is 0 Å². The predicted octanol–water partition coefficient (Wildman–Crippen LogP) is 0.580. The quantitative estimate of drug-likeness (QED) is 0.824.